The van der Waals surface area contributed by atoms with Gasteiger partial charge in [-0.25, -0.2) is 5.43 Å². The molecule has 0 saturated heterocycles. The molecule has 84 valence electrons. The van der Waals surface area contributed by atoms with E-state index in [2.05, 4.69) is 9.84 Å². The van der Waals surface area contributed by atoms with Crippen LogP contribution in [0.25, 0.3) is 0 Å². The average molecular weight is 230 g/mol. The number of nitrogens with one attached hydrogen (secondary N) is 1. The van der Waals surface area contributed by atoms with Crippen molar-refractivity contribution in [3.63, 3.8) is 0 Å². The highest BCUT2D eigenvalue weighted by Gasteiger charge is 2.40. The van der Waals surface area contributed by atoms with Gasteiger partial charge in [-0.3, -0.25) is 4.79 Å². The first-order valence-corrected chi connectivity index (χ1v) is 4.20. The molecule has 7 heteroatoms. The molecule has 0 fully saturated rings. The van der Waals surface area contributed by atoms with Crippen LogP contribution in [0.1, 0.15) is 10.4 Å². The van der Waals surface area contributed by atoms with E-state index in [4.69, 9.17) is 0 Å². The molecule has 16 heavy (non-hydrogen) atoms. The van der Waals surface area contributed by atoms with E-state index in [-0.39, 0.29) is 11.3 Å². The lowest BCUT2D eigenvalue weighted by atomic mass is 10.2. The Bertz CT molecular complexity index is 468. The third-order valence-corrected chi connectivity index (χ3v) is 1.84. The molecule has 0 aliphatic carbocycles. The lowest BCUT2D eigenvalue weighted by Gasteiger charge is -2.09. The number of para-hydroxylation sites is 1. The number of halogens is 3. The molecule has 0 radical (unpaired) electrons. The maximum Gasteiger partial charge on any atom is 0.470 e. The number of hydrogen-bond acceptors (Lipinski definition) is 3. The van der Waals surface area contributed by atoms with Crippen molar-refractivity contribution in [2.75, 3.05) is 0 Å². The molecule has 0 unspecified atom stereocenters. The molecule has 0 spiro atoms. The highest BCUT2D eigenvalue weighted by atomic mass is 19.4. The van der Waals surface area contributed by atoms with Gasteiger partial charge in [-0.15, -0.1) is 5.10 Å². The fourth-order valence-corrected chi connectivity index (χ4v) is 1.15. The molecule has 0 bridgehead atoms. The summed E-state index contributed by atoms with van der Waals surface area (Å²) in [5, 5.41) is 2.86. The number of benzene rings is 1. The van der Waals surface area contributed by atoms with E-state index in [0.29, 0.717) is 0 Å². The Hall–Kier alpha value is -2.05. The molecule has 1 aliphatic heterocycles. The summed E-state index contributed by atoms with van der Waals surface area (Å²) in [5.41, 5.74) is 1.77. The Labute approximate surface area is 87.7 Å². The molecule has 0 aromatic heterocycles. The van der Waals surface area contributed by atoms with Crippen molar-refractivity contribution in [1.29, 1.82) is 0 Å². The normalized spacial score (nSPS) is 15.4. The number of alkyl halides is 3. The monoisotopic (exact) mass is 230 g/mol. The topological polar surface area (TPSA) is 50.7 Å². The molecule has 0 atom stereocenters. The summed E-state index contributed by atoms with van der Waals surface area (Å²) in [4.78, 5) is 11.3. The minimum atomic E-state index is -4.75. The van der Waals surface area contributed by atoms with E-state index in [1.54, 1.807) is 5.43 Å². The second-order valence-corrected chi connectivity index (χ2v) is 2.95. The van der Waals surface area contributed by atoms with E-state index in [1.807, 2.05) is 0 Å². The zero-order chi connectivity index (χ0) is 11.8. The highest BCUT2D eigenvalue weighted by Crippen LogP contribution is 2.25. The predicted molar refractivity (Wildman–Crippen MR) is 48.0 cm³/mol. The summed E-state index contributed by atoms with van der Waals surface area (Å²) in [7, 11) is 0. The first-order valence-electron chi connectivity index (χ1n) is 4.20. The zero-order valence-electron chi connectivity index (χ0n) is 7.71. The predicted octanol–water partition coefficient (Wildman–Crippen LogP) is 1.68. The second kappa shape index (κ2) is 3.51. The molecule has 2 rings (SSSR count). The van der Waals surface area contributed by atoms with Crippen molar-refractivity contribution in [3.8, 4) is 5.75 Å². The summed E-state index contributed by atoms with van der Waals surface area (Å²) in [5.74, 6) is -2.41. The maximum absolute atomic E-state index is 12.3. The van der Waals surface area contributed by atoms with E-state index >= 15 is 0 Å². The van der Waals surface area contributed by atoms with Crippen LogP contribution in [0.3, 0.4) is 0 Å². The summed E-state index contributed by atoms with van der Waals surface area (Å²) in [6, 6.07) is 5.59. The average Bonchev–Trinajstić information content (AvgIpc) is 2.38. The van der Waals surface area contributed by atoms with Gasteiger partial charge in [0.2, 0.25) is 0 Å². The van der Waals surface area contributed by atoms with E-state index in [1.165, 1.54) is 24.3 Å². The number of ether oxygens (including phenoxy) is 1. The van der Waals surface area contributed by atoms with Crippen molar-refractivity contribution in [2.45, 2.75) is 6.18 Å². The largest absolute Gasteiger partial charge is 0.470 e. The van der Waals surface area contributed by atoms with Crippen LogP contribution in [0.15, 0.2) is 29.4 Å². The van der Waals surface area contributed by atoms with Crippen LogP contribution >= 0.6 is 0 Å². The van der Waals surface area contributed by atoms with E-state index in [0.717, 1.165) is 0 Å². The molecule has 1 aromatic rings. The number of carbonyl (C=O) groups excluding carboxylic acids is 1. The number of fused-ring (bicyclic) bond motifs is 1. The molecule has 1 N–H and O–H groups in total. The van der Waals surface area contributed by atoms with Crippen molar-refractivity contribution in [1.82, 2.24) is 5.43 Å². The molecule has 4 nitrogen and oxygen atoms in total. The number of hydrazone groups is 1. The molecule has 1 heterocycles. The van der Waals surface area contributed by atoms with Crippen LogP contribution in [0.5, 0.6) is 5.75 Å². The van der Waals surface area contributed by atoms with Crippen LogP contribution in [0.2, 0.25) is 0 Å². The molecular formula is C9H5F3N2O2. The molecular weight excluding hydrogens is 225 g/mol. The Kier molecular flexibility index (Phi) is 2.30. The first-order chi connectivity index (χ1) is 7.48. The van der Waals surface area contributed by atoms with Crippen molar-refractivity contribution in [2.24, 2.45) is 5.10 Å². The quantitative estimate of drug-likeness (QED) is 0.737. The first kappa shape index (κ1) is 10.5. The van der Waals surface area contributed by atoms with Gasteiger partial charge in [0.05, 0.1) is 5.56 Å². The van der Waals surface area contributed by atoms with Crippen LogP contribution in [-0.2, 0) is 0 Å². The van der Waals surface area contributed by atoms with Gasteiger partial charge in [-0.2, -0.15) is 13.2 Å². The molecule has 1 amide bonds. The van der Waals surface area contributed by atoms with Gasteiger partial charge in [-0.05, 0) is 12.1 Å². The smallest absolute Gasteiger partial charge is 0.433 e. The number of hydrogen-bond donors (Lipinski definition) is 1. The van der Waals surface area contributed by atoms with Crippen molar-refractivity contribution < 1.29 is 22.7 Å². The van der Waals surface area contributed by atoms with Crippen molar-refractivity contribution >= 4 is 11.8 Å². The van der Waals surface area contributed by atoms with Crippen LogP contribution in [0.4, 0.5) is 13.2 Å². The Morgan fingerprint density at radius 3 is 2.62 bits per heavy atom. The third kappa shape index (κ3) is 1.83. The number of amides is 1. The van der Waals surface area contributed by atoms with Gasteiger partial charge < -0.3 is 4.74 Å². The number of nitrogens with zero attached hydrogens (tertiary/aromatic N) is 1. The fourth-order valence-electron chi connectivity index (χ4n) is 1.15. The summed E-state index contributed by atoms with van der Waals surface area (Å²) >= 11 is 0. The van der Waals surface area contributed by atoms with Crippen LogP contribution in [0, 0.1) is 0 Å². The van der Waals surface area contributed by atoms with E-state index < -0.39 is 18.0 Å². The van der Waals surface area contributed by atoms with Gasteiger partial charge >= 0.3 is 12.1 Å². The summed E-state index contributed by atoms with van der Waals surface area (Å²) in [6.07, 6.45) is -4.75. The Morgan fingerprint density at radius 1 is 1.25 bits per heavy atom. The van der Waals surface area contributed by atoms with Crippen LogP contribution < -0.4 is 10.2 Å². The minimum Gasteiger partial charge on any atom is -0.433 e. The lowest BCUT2D eigenvalue weighted by molar-refractivity contribution is -0.0712. The standard InChI is InChI=1S/C9H5F3N2O2/c10-9(11,12)8-14-13-7(15)5-3-1-2-4-6(5)16-8/h1-4H,(H,13,15). The fraction of sp³-hybridized carbons (Fsp3) is 0.111. The zero-order valence-corrected chi connectivity index (χ0v) is 7.71. The molecule has 1 aromatic carbocycles. The van der Waals surface area contributed by atoms with Gasteiger partial charge in [0.1, 0.15) is 5.75 Å². The van der Waals surface area contributed by atoms with E-state index in [9.17, 15) is 18.0 Å². The maximum atomic E-state index is 12.3. The van der Waals surface area contributed by atoms with Crippen LogP contribution in [-0.4, -0.2) is 18.0 Å². The van der Waals surface area contributed by atoms with Gasteiger partial charge in [-0.1, -0.05) is 12.1 Å². The SMILES string of the molecule is O=C1NN=C(C(F)(F)F)Oc2ccccc21. The summed E-state index contributed by atoms with van der Waals surface area (Å²) in [6.45, 7) is 0. The molecule has 0 saturated carbocycles. The highest BCUT2D eigenvalue weighted by molar-refractivity contribution is 6.00. The third-order valence-electron chi connectivity index (χ3n) is 1.84. The number of carbonyl (C=O) groups is 1. The van der Waals surface area contributed by atoms with Gasteiger partial charge in [0, 0.05) is 0 Å². The minimum absolute atomic E-state index is 0.00509. The van der Waals surface area contributed by atoms with Gasteiger partial charge in [0.25, 0.3) is 5.91 Å². The summed E-state index contributed by atoms with van der Waals surface area (Å²) < 4.78 is 41.5. The Morgan fingerprint density at radius 2 is 1.94 bits per heavy atom. The number of rotatable bonds is 0. The molecule has 1 aliphatic rings. The second-order valence-electron chi connectivity index (χ2n) is 2.95. The lowest BCUT2D eigenvalue weighted by Crippen LogP contribution is -2.30. The van der Waals surface area contributed by atoms with Gasteiger partial charge in [0.15, 0.2) is 0 Å². The van der Waals surface area contributed by atoms with Crippen molar-refractivity contribution in [3.05, 3.63) is 29.8 Å². The Balaban J connectivity index is 2.44.